The van der Waals surface area contributed by atoms with E-state index in [1.807, 2.05) is 16.4 Å². The van der Waals surface area contributed by atoms with Gasteiger partial charge in [-0.05, 0) is 0 Å². The molecule has 0 fully saturated rings. The molecule has 1 aliphatic heterocycles. The second-order valence-corrected chi connectivity index (χ2v) is 3.96. The summed E-state index contributed by atoms with van der Waals surface area (Å²) in [6, 6.07) is 0. The molecule has 0 amide bonds. The largest absolute Gasteiger partial charge is 0.316 e. The first-order chi connectivity index (χ1) is 6.40. The number of rotatable bonds is 2. The molecule has 1 aromatic rings. The van der Waals surface area contributed by atoms with Gasteiger partial charge in [-0.15, -0.1) is 0 Å². The molecule has 4 nitrogen and oxygen atoms in total. The molecule has 2 rings (SSSR count). The Morgan fingerprint density at radius 3 is 3.31 bits per heavy atom. The number of hydrogen-bond donors (Lipinski definition) is 0. The Bertz CT molecular complexity index is 315. The van der Waals surface area contributed by atoms with Crippen molar-refractivity contribution in [3.8, 4) is 0 Å². The number of fused-ring (bicyclic) bond motifs is 1. The van der Waals surface area contributed by atoms with Crippen LogP contribution >= 0.6 is 11.8 Å². The summed E-state index contributed by atoms with van der Waals surface area (Å²) in [5, 5.41) is 4.34. The van der Waals surface area contributed by atoms with Crippen molar-refractivity contribution in [2.45, 2.75) is 18.7 Å². The van der Waals surface area contributed by atoms with Crippen molar-refractivity contribution in [3.63, 3.8) is 0 Å². The van der Waals surface area contributed by atoms with Crippen molar-refractivity contribution in [1.29, 1.82) is 0 Å². The fraction of sp³-hybridized carbons (Fsp3) is 0.625. The lowest BCUT2D eigenvalue weighted by atomic mass is 10.4. The molecular formula is C8H10N4S. The fourth-order valence-electron chi connectivity index (χ4n) is 1.29. The second-order valence-electron chi connectivity index (χ2n) is 2.85. The van der Waals surface area contributed by atoms with E-state index in [-0.39, 0.29) is 0 Å². The Morgan fingerprint density at radius 1 is 1.62 bits per heavy atom. The van der Waals surface area contributed by atoms with Gasteiger partial charge in [-0.1, -0.05) is 0 Å². The average Bonchev–Trinajstić information content (AvgIpc) is 2.57. The SMILES string of the molecule is [C-]#[N+]CCc1nc2n(n1)CCSC2. The molecule has 0 saturated carbocycles. The van der Waals surface area contributed by atoms with Crippen LogP contribution in [-0.2, 0) is 18.7 Å². The van der Waals surface area contributed by atoms with Gasteiger partial charge in [-0.2, -0.15) is 16.9 Å². The molecule has 0 N–H and O–H groups in total. The summed E-state index contributed by atoms with van der Waals surface area (Å²) in [7, 11) is 0. The normalized spacial score (nSPS) is 15.0. The molecule has 1 aromatic heterocycles. The van der Waals surface area contributed by atoms with E-state index in [4.69, 9.17) is 6.57 Å². The Hall–Kier alpha value is -1.02. The highest BCUT2D eigenvalue weighted by Crippen LogP contribution is 2.16. The molecule has 0 aromatic carbocycles. The number of thioether (sulfide) groups is 1. The van der Waals surface area contributed by atoms with E-state index in [0.29, 0.717) is 13.0 Å². The van der Waals surface area contributed by atoms with E-state index in [2.05, 4.69) is 14.9 Å². The highest BCUT2D eigenvalue weighted by molar-refractivity contribution is 7.98. The average molecular weight is 194 g/mol. The lowest BCUT2D eigenvalue weighted by molar-refractivity contribution is 0.621. The molecule has 13 heavy (non-hydrogen) atoms. The molecule has 0 saturated heterocycles. The first-order valence-electron chi connectivity index (χ1n) is 4.23. The maximum atomic E-state index is 6.67. The Kier molecular flexibility index (Phi) is 2.50. The van der Waals surface area contributed by atoms with Gasteiger partial charge in [-0.25, -0.2) is 16.2 Å². The summed E-state index contributed by atoms with van der Waals surface area (Å²) >= 11 is 1.89. The van der Waals surface area contributed by atoms with E-state index >= 15 is 0 Å². The van der Waals surface area contributed by atoms with Gasteiger partial charge in [-0.3, -0.25) is 0 Å². The van der Waals surface area contributed by atoms with Crippen LogP contribution in [0.2, 0.25) is 0 Å². The third-order valence-electron chi connectivity index (χ3n) is 1.92. The molecule has 2 heterocycles. The van der Waals surface area contributed by atoms with Crippen LogP contribution in [0.1, 0.15) is 11.6 Å². The zero-order chi connectivity index (χ0) is 9.10. The maximum absolute atomic E-state index is 6.67. The number of aromatic nitrogens is 3. The van der Waals surface area contributed by atoms with Crippen molar-refractivity contribution in [3.05, 3.63) is 23.1 Å². The van der Waals surface area contributed by atoms with Gasteiger partial charge < -0.3 is 4.85 Å². The second kappa shape index (κ2) is 3.79. The summed E-state index contributed by atoms with van der Waals surface area (Å²) in [6.45, 7) is 8.13. The molecular weight excluding hydrogens is 184 g/mol. The smallest absolute Gasteiger partial charge is 0.221 e. The monoisotopic (exact) mass is 194 g/mol. The maximum Gasteiger partial charge on any atom is 0.221 e. The first kappa shape index (κ1) is 8.57. The Balaban J connectivity index is 2.12. The van der Waals surface area contributed by atoms with Gasteiger partial charge in [0, 0.05) is 5.75 Å². The van der Waals surface area contributed by atoms with Crippen molar-refractivity contribution >= 4 is 11.8 Å². The van der Waals surface area contributed by atoms with Gasteiger partial charge >= 0.3 is 0 Å². The predicted octanol–water partition coefficient (Wildman–Crippen LogP) is 0.987. The molecule has 0 radical (unpaired) electrons. The van der Waals surface area contributed by atoms with E-state index in [0.717, 1.165) is 29.7 Å². The molecule has 0 bridgehead atoms. The van der Waals surface area contributed by atoms with E-state index in [9.17, 15) is 0 Å². The van der Waals surface area contributed by atoms with Gasteiger partial charge in [0.05, 0.1) is 18.7 Å². The minimum Gasteiger partial charge on any atom is -0.316 e. The Labute approximate surface area is 81.2 Å². The highest BCUT2D eigenvalue weighted by Gasteiger charge is 2.13. The molecule has 0 unspecified atom stereocenters. The molecule has 0 atom stereocenters. The topological polar surface area (TPSA) is 35.1 Å². The molecule has 1 aliphatic rings. The van der Waals surface area contributed by atoms with Crippen molar-refractivity contribution in [1.82, 2.24) is 14.8 Å². The molecule has 0 aliphatic carbocycles. The third kappa shape index (κ3) is 1.83. The zero-order valence-corrected chi connectivity index (χ0v) is 8.05. The van der Waals surface area contributed by atoms with Gasteiger partial charge in [0.2, 0.25) is 6.54 Å². The zero-order valence-electron chi connectivity index (χ0n) is 7.23. The molecule has 5 heteroatoms. The lowest BCUT2D eigenvalue weighted by Crippen LogP contribution is -2.11. The molecule has 68 valence electrons. The standard InChI is InChI=1S/C8H10N4S/c1-9-3-2-7-10-8-6-13-5-4-12(8)11-7/h2-6H2. The van der Waals surface area contributed by atoms with Crippen LogP contribution in [0.15, 0.2) is 0 Å². The van der Waals surface area contributed by atoms with Crippen LogP contribution < -0.4 is 0 Å². The van der Waals surface area contributed by atoms with E-state index < -0.39 is 0 Å². The van der Waals surface area contributed by atoms with Gasteiger partial charge in [0.15, 0.2) is 5.82 Å². The van der Waals surface area contributed by atoms with Crippen LogP contribution in [0.4, 0.5) is 0 Å². The first-order valence-corrected chi connectivity index (χ1v) is 5.39. The number of hydrogen-bond acceptors (Lipinski definition) is 3. The van der Waals surface area contributed by atoms with Gasteiger partial charge in [0.1, 0.15) is 5.82 Å². The van der Waals surface area contributed by atoms with Crippen LogP contribution in [0, 0.1) is 6.57 Å². The van der Waals surface area contributed by atoms with Gasteiger partial charge in [0.25, 0.3) is 0 Å². The lowest BCUT2D eigenvalue weighted by Gasteiger charge is -2.09. The summed E-state index contributed by atoms with van der Waals surface area (Å²) < 4.78 is 1.97. The minimum atomic E-state index is 0.497. The quantitative estimate of drug-likeness (QED) is 0.658. The van der Waals surface area contributed by atoms with Crippen molar-refractivity contribution < 1.29 is 0 Å². The van der Waals surface area contributed by atoms with Crippen molar-refractivity contribution in [2.24, 2.45) is 0 Å². The summed E-state index contributed by atoms with van der Waals surface area (Å²) in [5.41, 5.74) is 0. The highest BCUT2D eigenvalue weighted by atomic mass is 32.2. The minimum absolute atomic E-state index is 0.497. The van der Waals surface area contributed by atoms with Crippen LogP contribution in [0.5, 0.6) is 0 Å². The fourth-order valence-corrected chi connectivity index (χ4v) is 2.13. The predicted molar refractivity (Wildman–Crippen MR) is 51.4 cm³/mol. The number of nitrogens with zero attached hydrogens (tertiary/aromatic N) is 4. The number of aryl methyl sites for hydroxylation is 1. The van der Waals surface area contributed by atoms with Crippen LogP contribution in [-0.4, -0.2) is 27.1 Å². The summed E-state index contributed by atoms with van der Waals surface area (Å²) in [5.74, 6) is 3.98. The molecule has 0 spiro atoms. The van der Waals surface area contributed by atoms with Crippen LogP contribution in [0.25, 0.3) is 4.85 Å². The third-order valence-corrected chi connectivity index (χ3v) is 2.85. The Morgan fingerprint density at radius 2 is 2.54 bits per heavy atom. The summed E-state index contributed by atoms with van der Waals surface area (Å²) in [6.07, 6.45) is 0.689. The van der Waals surface area contributed by atoms with E-state index in [1.54, 1.807) is 0 Å². The van der Waals surface area contributed by atoms with E-state index in [1.165, 1.54) is 0 Å². The van der Waals surface area contributed by atoms with Crippen molar-refractivity contribution in [2.75, 3.05) is 12.3 Å². The summed E-state index contributed by atoms with van der Waals surface area (Å²) in [4.78, 5) is 7.67. The van der Waals surface area contributed by atoms with Crippen LogP contribution in [0.3, 0.4) is 0 Å².